The molecule has 0 spiro atoms. The van der Waals surface area contributed by atoms with Gasteiger partial charge in [0, 0.05) is 18.6 Å². The number of hydrogen-bond donors (Lipinski definition) is 3. The third-order valence-corrected chi connectivity index (χ3v) is 2.10. The summed E-state index contributed by atoms with van der Waals surface area (Å²) in [7, 11) is 0. The maximum Gasteiger partial charge on any atom is 0.163 e. The zero-order chi connectivity index (χ0) is 10.3. The predicted molar refractivity (Wildman–Crippen MR) is 49.1 cm³/mol. The number of carbonyl (C=O) groups excluding carboxylic acids is 1. The maximum absolute atomic E-state index is 11.1. The lowest BCUT2D eigenvalue weighted by atomic mass is 9.94. The molecule has 0 amide bonds. The third-order valence-electron chi connectivity index (χ3n) is 2.10. The molecule has 0 bridgehead atoms. The van der Waals surface area contributed by atoms with Crippen molar-refractivity contribution < 1.29 is 20.1 Å². The molecule has 14 heavy (non-hydrogen) atoms. The topological polar surface area (TPSA) is 77.8 Å². The first-order valence-electron chi connectivity index (χ1n) is 4.06. The third kappa shape index (κ3) is 1.21. The number of allylic oxidation sites excluding steroid dienone is 1. The van der Waals surface area contributed by atoms with Gasteiger partial charge < -0.3 is 15.3 Å². The SMILES string of the molecule is O=C1C=C(O)c2c(O)cc(O)cc2C1. The van der Waals surface area contributed by atoms with E-state index in [4.69, 9.17) is 5.11 Å². The highest BCUT2D eigenvalue weighted by Gasteiger charge is 2.21. The number of phenols is 2. The second kappa shape index (κ2) is 2.77. The second-order valence-corrected chi connectivity index (χ2v) is 3.17. The highest BCUT2D eigenvalue weighted by atomic mass is 16.3. The molecule has 4 nitrogen and oxygen atoms in total. The van der Waals surface area contributed by atoms with Crippen LogP contribution in [0, 0.1) is 0 Å². The Morgan fingerprint density at radius 1 is 1.14 bits per heavy atom. The summed E-state index contributed by atoms with van der Waals surface area (Å²) in [6, 6.07) is 2.48. The van der Waals surface area contributed by atoms with Gasteiger partial charge in [0.1, 0.15) is 17.3 Å². The number of aromatic hydroxyl groups is 2. The molecule has 0 aromatic heterocycles. The molecule has 0 atom stereocenters. The predicted octanol–water partition coefficient (Wildman–Crippen LogP) is 1.12. The van der Waals surface area contributed by atoms with Crippen LogP contribution in [0.1, 0.15) is 11.1 Å². The van der Waals surface area contributed by atoms with Gasteiger partial charge in [0.05, 0.1) is 5.56 Å². The molecule has 1 aliphatic carbocycles. The molecular weight excluding hydrogens is 184 g/mol. The van der Waals surface area contributed by atoms with Crippen molar-refractivity contribution in [1.82, 2.24) is 0 Å². The molecule has 1 aliphatic rings. The summed E-state index contributed by atoms with van der Waals surface area (Å²) in [6.45, 7) is 0. The largest absolute Gasteiger partial charge is 0.508 e. The first-order chi connectivity index (χ1) is 6.58. The van der Waals surface area contributed by atoms with Crippen LogP contribution in [0.15, 0.2) is 18.2 Å². The quantitative estimate of drug-likeness (QED) is 0.575. The average Bonchev–Trinajstić information content (AvgIpc) is 1.99. The van der Waals surface area contributed by atoms with Crippen molar-refractivity contribution >= 4 is 11.5 Å². The van der Waals surface area contributed by atoms with Gasteiger partial charge in [-0.15, -0.1) is 0 Å². The average molecular weight is 192 g/mol. The monoisotopic (exact) mass is 192 g/mol. The Labute approximate surface area is 79.7 Å². The lowest BCUT2D eigenvalue weighted by molar-refractivity contribution is -0.114. The molecule has 72 valence electrons. The summed E-state index contributed by atoms with van der Waals surface area (Å²) in [5.41, 5.74) is 0.662. The van der Waals surface area contributed by atoms with Crippen LogP contribution in [-0.4, -0.2) is 21.1 Å². The van der Waals surface area contributed by atoms with Crippen LogP contribution in [-0.2, 0) is 11.2 Å². The van der Waals surface area contributed by atoms with Crippen molar-refractivity contribution in [2.75, 3.05) is 0 Å². The summed E-state index contributed by atoms with van der Waals surface area (Å²) in [5.74, 6) is -0.848. The molecule has 4 heteroatoms. The minimum Gasteiger partial charge on any atom is -0.508 e. The number of fused-ring (bicyclic) bond motifs is 1. The van der Waals surface area contributed by atoms with E-state index in [0.29, 0.717) is 5.56 Å². The smallest absolute Gasteiger partial charge is 0.163 e. The number of aliphatic hydroxyl groups excluding tert-OH is 1. The van der Waals surface area contributed by atoms with E-state index in [1.54, 1.807) is 0 Å². The molecule has 0 saturated carbocycles. The van der Waals surface area contributed by atoms with E-state index in [-0.39, 0.29) is 35.0 Å². The highest BCUT2D eigenvalue weighted by Crippen LogP contribution is 2.34. The fraction of sp³-hybridized carbons (Fsp3) is 0.100. The number of phenolic OH excluding ortho intramolecular Hbond substituents is 2. The fourth-order valence-corrected chi connectivity index (χ4v) is 1.57. The van der Waals surface area contributed by atoms with E-state index in [1.165, 1.54) is 6.07 Å². The number of carbonyl (C=O) groups is 1. The second-order valence-electron chi connectivity index (χ2n) is 3.17. The Morgan fingerprint density at radius 2 is 1.86 bits per heavy atom. The van der Waals surface area contributed by atoms with Crippen molar-refractivity contribution in [2.45, 2.75) is 6.42 Å². The van der Waals surface area contributed by atoms with Gasteiger partial charge in [0.15, 0.2) is 5.78 Å². The van der Waals surface area contributed by atoms with Crippen LogP contribution in [0.25, 0.3) is 5.76 Å². The van der Waals surface area contributed by atoms with Crippen molar-refractivity contribution in [3.63, 3.8) is 0 Å². The Balaban J connectivity index is 2.69. The minimum atomic E-state index is -0.256. The van der Waals surface area contributed by atoms with Crippen molar-refractivity contribution in [2.24, 2.45) is 0 Å². The number of hydrogen-bond acceptors (Lipinski definition) is 4. The zero-order valence-corrected chi connectivity index (χ0v) is 7.19. The van der Waals surface area contributed by atoms with Crippen LogP contribution in [0.2, 0.25) is 0 Å². The van der Waals surface area contributed by atoms with Crippen molar-refractivity contribution in [3.05, 3.63) is 29.3 Å². The van der Waals surface area contributed by atoms with E-state index < -0.39 is 0 Å². The standard InChI is InChI=1S/C10H8O4/c11-6-1-5-2-7(12)4-9(14)10(5)8(13)3-6/h1,3-4,11,13-14H,2H2. The Hall–Kier alpha value is -1.97. The number of benzene rings is 1. The maximum atomic E-state index is 11.1. The van der Waals surface area contributed by atoms with E-state index in [0.717, 1.165) is 12.1 Å². The zero-order valence-electron chi connectivity index (χ0n) is 7.19. The number of rotatable bonds is 0. The summed E-state index contributed by atoms with van der Waals surface area (Å²) in [4.78, 5) is 11.1. The van der Waals surface area contributed by atoms with E-state index in [9.17, 15) is 15.0 Å². The molecule has 2 rings (SSSR count). The summed E-state index contributed by atoms with van der Waals surface area (Å²) in [5, 5.41) is 28.0. The molecule has 3 N–H and O–H groups in total. The fourth-order valence-electron chi connectivity index (χ4n) is 1.57. The number of aliphatic hydroxyl groups is 1. The molecule has 0 heterocycles. The minimum absolute atomic E-state index is 0.0847. The van der Waals surface area contributed by atoms with Gasteiger partial charge in [-0.1, -0.05) is 0 Å². The normalized spacial score (nSPS) is 14.9. The van der Waals surface area contributed by atoms with Gasteiger partial charge in [0.25, 0.3) is 0 Å². The summed E-state index contributed by atoms with van der Waals surface area (Å²) in [6.07, 6.45) is 1.15. The lowest BCUT2D eigenvalue weighted by Gasteiger charge is -2.14. The summed E-state index contributed by atoms with van der Waals surface area (Å²) < 4.78 is 0. The lowest BCUT2D eigenvalue weighted by Crippen LogP contribution is -2.09. The Kier molecular flexibility index (Phi) is 1.70. The number of ketones is 1. The highest BCUT2D eigenvalue weighted by molar-refractivity contribution is 6.01. The van der Waals surface area contributed by atoms with Crippen molar-refractivity contribution in [3.8, 4) is 11.5 Å². The summed E-state index contributed by atoms with van der Waals surface area (Å²) >= 11 is 0. The van der Waals surface area contributed by atoms with Gasteiger partial charge in [-0.05, 0) is 11.6 Å². The molecular formula is C10H8O4. The van der Waals surface area contributed by atoms with Crippen LogP contribution >= 0.6 is 0 Å². The molecule has 0 unspecified atom stereocenters. The van der Waals surface area contributed by atoms with Crippen LogP contribution in [0.4, 0.5) is 0 Å². The van der Waals surface area contributed by atoms with Crippen molar-refractivity contribution in [1.29, 1.82) is 0 Å². The molecule has 0 aliphatic heterocycles. The van der Waals surface area contributed by atoms with Crippen LogP contribution < -0.4 is 0 Å². The first-order valence-corrected chi connectivity index (χ1v) is 4.06. The van der Waals surface area contributed by atoms with Crippen LogP contribution in [0.3, 0.4) is 0 Å². The molecule has 0 saturated heterocycles. The first kappa shape index (κ1) is 8.62. The Bertz CT molecular complexity index is 446. The van der Waals surface area contributed by atoms with E-state index >= 15 is 0 Å². The molecule has 1 aromatic carbocycles. The van der Waals surface area contributed by atoms with E-state index in [2.05, 4.69) is 0 Å². The van der Waals surface area contributed by atoms with Gasteiger partial charge in [0.2, 0.25) is 0 Å². The van der Waals surface area contributed by atoms with Gasteiger partial charge >= 0.3 is 0 Å². The van der Waals surface area contributed by atoms with Gasteiger partial charge in [-0.3, -0.25) is 4.79 Å². The van der Waals surface area contributed by atoms with Gasteiger partial charge in [-0.2, -0.15) is 0 Å². The molecule has 1 aromatic rings. The van der Waals surface area contributed by atoms with E-state index in [1.807, 2.05) is 0 Å². The van der Waals surface area contributed by atoms with Gasteiger partial charge in [-0.25, -0.2) is 0 Å². The molecule has 0 fully saturated rings. The Morgan fingerprint density at radius 3 is 2.57 bits per heavy atom. The molecule has 0 radical (unpaired) electrons. The van der Waals surface area contributed by atoms with Crippen LogP contribution in [0.5, 0.6) is 11.5 Å².